The van der Waals surface area contributed by atoms with Crippen LogP contribution in [0.5, 0.6) is 17.2 Å². The fraction of sp³-hybridized carbons (Fsp3) is 0.273. The smallest absolute Gasteiger partial charge is 0.350 e. The summed E-state index contributed by atoms with van der Waals surface area (Å²) in [6, 6.07) is 11.0. The second kappa shape index (κ2) is 8.36. The van der Waals surface area contributed by atoms with E-state index in [4.69, 9.17) is 23.7 Å². The third kappa shape index (κ3) is 4.32. The third-order valence-corrected chi connectivity index (χ3v) is 4.36. The van der Waals surface area contributed by atoms with E-state index in [0.29, 0.717) is 22.9 Å². The van der Waals surface area contributed by atoms with Gasteiger partial charge in [0.2, 0.25) is 5.75 Å². The summed E-state index contributed by atoms with van der Waals surface area (Å²) in [5.74, 6) is -1.21. The zero-order valence-electron chi connectivity index (χ0n) is 17.4. The largest absolute Gasteiger partial charge is 0.493 e. The molecule has 1 aliphatic heterocycles. The molecule has 8 nitrogen and oxygen atoms in total. The molecule has 0 spiro atoms. The van der Waals surface area contributed by atoms with E-state index in [1.165, 1.54) is 20.0 Å². The van der Waals surface area contributed by atoms with Crippen molar-refractivity contribution in [3.63, 3.8) is 0 Å². The van der Waals surface area contributed by atoms with Crippen LogP contribution >= 0.6 is 0 Å². The lowest BCUT2D eigenvalue weighted by molar-refractivity contribution is -0.222. The molecule has 0 radical (unpaired) electrons. The number of hydrogen-bond acceptors (Lipinski definition) is 8. The quantitative estimate of drug-likeness (QED) is 0.437. The molecule has 1 fully saturated rings. The first-order chi connectivity index (χ1) is 14.3. The molecule has 8 heteroatoms. The molecule has 0 bridgehead atoms. The summed E-state index contributed by atoms with van der Waals surface area (Å²) in [7, 11) is 4.64. The standard InChI is InChI=1S/C22H23NO7/c1-22(2)29-20(24)16(21(25)30-22)12-23-15-8-6-7-13(9-15)14-10-17(26-3)19(28-5)18(11-14)27-4/h6-12,23H,1-5H3. The van der Waals surface area contributed by atoms with Gasteiger partial charge < -0.3 is 29.0 Å². The Kier molecular flexibility index (Phi) is 5.86. The van der Waals surface area contributed by atoms with E-state index in [-0.39, 0.29) is 5.57 Å². The van der Waals surface area contributed by atoms with Gasteiger partial charge in [-0.3, -0.25) is 0 Å². The summed E-state index contributed by atoms with van der Waals surface area (Å²) in [4.78, 5) is 24.1. The van der Waals surface area contributed by atoms with E-state index >= 15 is 0 Å². The molecule has 0 atom stereocenters. The Morgan fingerprint density at radius 3 is 2.00 bits per heavy atom. The predicted molar refractivity (Wildman–Crippen MR) is 110 cm³/mol. The van der Waals surface area contributed by atoms with Crippen molar-refractivity contribution < 1.29 is 33.3 Å². The average molecular weight is 413 g/mol. The highest BCUT2D eigenvalue weighted by atomic mass is 16.7. The number of carbonyl (C=O) groups excluding carboxylic acids is 2. The van der Waals surface area contributed by atoms with Gasteiger partial charge in [0.25, 0.3) is 5.79 Å². The molecule has 1 saturated heterocycles. The Morgan fingerprint density at radius 2 is 1.47 bits per heavy atom. The molecule has 0 amide bonds. The van der Waals surface area contributed by atoms with Crippen molar-refractivity contribution in [2.45, 2.75) is 19.6 Å². The number of cyclic esters (lactones) is 2. The summed E-state index contributed by atoms with van der Waals surface area (Å²) in [6.07, 6.45) is 1.27. The Hall–Kier alpha value is -3.68. The van der Waals surface area contributed by atoms with Crippen molar-refractivity contribution in [2.24, 2.45) is 0 Å². The number of methoxy groups -OCH3 is 3. The van der Waals surface area contributed by atoms with Crippen molar-refractivity contribution >= 4 is 17.6 Å². The minimum atomic E-state index is -1.28. The lowest BCUT2D eigenvalue weighted by Gasteiger charge is -2.29. The minimum Gasteiger partial charge on any atom is -0.493 e. The Bertz CT molecular complexity index is 963. The topological polar surface area (TPSA) is 92.3 Å². The van der Waals surface area contributed by atoms with Crippen LogP contribution in [0.4, 0.5) is 5.69 Å². The normalized spacial score (nSPS) is 15.0. The highest BCUT2D eigenvalue weighted by Crippen LogP contribution is 2.41. The average Bonchev–Trinajstić information content (AvgIpc) is 2.71. The fourth-order valence-electron chi connectivity index (χ4n) is 2.97. The Balaban J connectivity index is 1.89. The van der Waals surface area contributed by atoms with Gasteiger partial charge in [-0.15, -0.1) is 0 Å². The number of esters is 2. The van der Waals surface area contributed by atoms with Crippen LogP contribution < -0.4 is 19.5 Å². The van der Waals surface area contributed by atoms with Crippen molar-refractivity contribution in [3.05, 3.63) is 48.2 Å². The minimum absolute atomic E-state index is 0.215. The molecule has 1 N–H and O–H groups in total. The highest BCUT2D eigenvalue weighted by Gasteiger charge is 2.38. The second-order valence-electron chi connectivity index (χ2n) is 6.88. The zero-order valence-corrected chi connectivity index (χ0v) is 17.4. The molecule has 0 aliphatic carbocycles. The summed E-state index contributed by atoms with van der Waals surface area (Å²) < 4.78 is 26.3. The van der Waals surface area contributed by atoms with Gasteiger partial charge in [0.1, 0.15) is 0 Å². The van der Waals surface area contributed by atoms with Crippen molar-refractivity contribution in [1.29, 1.82) is 0 Å². The van der Waals surface area contributed by atoms with Crippen LogP contribution in [-0.2, 0) is 19.1 Å². The van der Waals surface area contributed by atoms with Gasteiger partial charge in [0, 0.05) is 25.7 Å². The van der Waals surface area contributed by atoms with Crippen molar-refractivity contribution in [3.8, 4) is 28.4 Å². The van der Waals surface area contributed by atoms with Gasteiger partial charge in [-0.1, -0.05) is 12.1 Å². The van der Waals surface area contributed by atoms with Crippen LogP contribution in [0.1, 0.15) is 13.8 Å². The molecule has 1 heterocycles. The number of anilines is 1. The van der Waals surface area contributed by atoms with E-state index in [1.54, 1.807) is 27.4 Å². The molecule has 3 rings (SSSR count). The zero-order chi connectivity index (χ0) is 21.9. The van der Waals surface area contributed by atoms with Crippen molar-refractivity contribution in [2.75, 3.05) is 26.6 Å². The van der Waals surface area contributed by atoms with Crippen LogP contribution in [0.2, 0.25) is 0 Å². The first-order valence-electron chi connectivity index (χ1n) is 9.12. The molecule has 0 aromatic heterocycles. The number of hydrogen-bond donors (Lipinski definition) is 1. The van der Waals surface area contributed by atoms with E-state index in [0.717, 1.165) is 11.1 Å². The fourth-order valence-corrected chi connectivity index (χ4v) is 2.97. The molecule has 0 saturated carbocycles. The second-order valence-corrected chi connectivity index (χ2v) is 6.88. The molecule has 0 unspecified atom stereocenters. The van der Waals surface area contributed by atoms with Gasteiger partial charge in [-0.05, 0) is 35.4 Å². The van der Waals surface area contributed by atoms with Gasteiger partial charge in [0.15, 0.2) is 17.1 Å². The van der Waals surface area contributed by atoms with Crippen molar-refractivity contribution in [1.82, 2.24) is 0 Å². The molecule has 1 aliphatic rings. The number of benzene rings is 2. The van der Waals surface area contributed by atoms with Crippen LogP contribution in [0.15, 0.2) is 48.2 Å². The lowest BCUT2D eigenvalue weighted by atomic mass is 10.0. The van der Waals surface area contributed by atoms with Gasteiger partial charge >= 0.3 is 11.9 Å². The van der Waals surface area contributed by atoms with Gasteiger partial charge in [0.05, 0.1) is 21.3 Å². The monoisotopic (exact) mass is 413 g/mol. The Morgan fingerprint density at radius 1 is 0.867 bits per heavy atom. The maximum absolute atomic E-state index is 12.1. The van der Waals surface area contributed by atoms with Gasteiger partial charge in [-0.25, -0.2) is 9.59 Å². The molecular weight excluding hydrogens is 390 g/mol. The summed E-state index contributed by atoms with van der Waals surface area (Å²) in [6.45, 7) is 2.99. The van der Waals surface area contributed by atoms with E-state index < -0.39 is 17.7 Å². The Labute approximate surface area is 174 Å². The highest BCUT2D eigenvalue weighted by molar-refractivity contribution is 6.15. The molecule has 158 valence electrons. The molecule has 2 aromatic carbocycles. The SMILES string of the molecule is COc1cc(-c2cccc(NC=C3C(=O)OC(C)(C)OC3=O)c2)cc(OC)c1OC. The van der Waals surface area contributed by atoms with E-state index in [9.17, 15) is 9.59 Å². The van der Waals surface area contributed by atoms with Crippen LogP contribution in [-0.4, -0.2) is 39.1 Å². The summed E-state index contributed by atoms with van der Waals surface area (Å²) >= 11 is 0. The molecular formula is C22H23NO7. The number of carbonyl (C=O) groups is 2. The van der Waals surface area contributed by atoms with E-state index in [2.05, 4.69) is 5.32 Å². The number of ether oxygens (including phenoxy) is 5. The predicted octanol–water partition coefficient (Wildman–Crippen LogP) is 3.51. The third-order valence-electron chi connectivity index (χ3n) is 4.36. The lowest BCUT2D eigenvalue weighted by Crippen LogP contribution is -2.42. The van der Waals surface area contributed by atoms with E-state index in [1.807, 2.05) is 30.3 Å². The summed E-state index contributed by atoms with van der Waals surface area (Å²) in [5.41, 5.74) is 2.12. The number of nitrogens with one attached hydrogen (secondary N) is 1. The molecule has 2 aromatic rings. The number of rotatable bonds is 6. The summed E-state index contributed by atoms with van der Waals surface area (Å²) in [5, 5.41) is 2.94. The molecule has 30 heavy (non-hydrogen) atoms. The first-order valence-corrected chi connectivity index (χ1v) is 9.12. The maximum atomic E-state index is 12.1. The first kappa shape index (κ1) is 21.0. The van der Waals surface area contributed by atoms with Gasteiger partial charge in [-0.2, -0.15) is 0 Å². The van der Waals surface area contributed by atoms with Crippen LogP contribution in [0.25, 0.3) is 11.1 Å². The maximum Gasteiger partial charge on any atom is 0.350 e. The van der Waals surface area contributed by atoms with Crippen LogP contribution in [0.3, 0.4) is 0 Å². The van der Waals surface area contributed by atoms with Crippen LogP contribution in [0, 0.1) is 0 Å².